The van der Waals surface area contributed by atoms with Crippen molar-refractivity contribution in [3.8, 4) is 0 Å². The Balaban J connectivity index is 1.43. The fraction of sp³-hybridized carbons (Fsp3) is 0.524. The molecule has 0 aliphatic heterocycles. The number of rotatable bonds is 6. The highest BCUT2D eigenvalue weighted by Gasteiger charge is 2.12. The Bertz CT molecular complexity index is 703. The number of fused-ring (bicyclic) bond motifs is 1. The number of nitrogens with zero attached hydrogens (tertiary/aromatic N) is 2. The zero-order valence-electron chi connectivity index (χ0n) is 15.7. The Morgan fingerprint density at radius 1 is 1.12 bits per heavy atom. The van der Waals surface area contributed by atoms with Gasteiger partial charge in [0, 0.05) is 31.7 Å². The number of ether oxygens (including phenoxy) is 1. The van der Waals surface area contributed by atoms with Gasteiger partial charge in [0.25, 0.3) is 0 Å². The highest BCUT2D eigenvalue weighted by atomic mass is 16.5. The van der Waals surface area contributed by atoms with Crippen molar-refractivity contribution in [2.75, 3.05) is 20.2 Å². The molecular weight excluding hydrogens is 324 g/mol. The lowest BCUT2D eigenvalue weighted by atomic mass is 10.1. The molecule has 0 radical (unpaired) electrons. The van der Waals surface area contributed by atoms with E-state index in [2.05, 4.69) is 44.9 Å². The van der Waals surface area contributed by atoms with Gasteiger partial charge >= 0.3 is 0 Å². The number of hydrogen-bond acceptors (Lipinski definition) is 3. The van der Waals surface area contributed by atoms with E-state index in [0.29, 0.717) is 12.6 Å². The minimum Gasteiger partial charge on any atom is -0.376 e. The smallest absolute Gasteiger partial charge is 0.191 e. The van der Waals surface area contributed by atoms with Crippen LogP contribution in [0.1, 0.15) is 44.1 Å². The van der Waals surface area contributed by atoms with Crippen LogP contribution in [-0.2, 0) is 11.3 Å². The van der Waals surface area contributed by atoms with Crippen LogP contribution in [0.15, 0.2) is 41.5 Å². The molecule has 0 amide bonds. The normalized spacial score (nSPS) is 16.4. The van der Waals surface area contributed by atoms with E-state index in [1.807, 2.05) is 12.3 Å². The number of pyridine rings is 1. The fourth-order valence-corrected chi connectivity index (χ4v) is 3.51. The number of hydrogen-bond donors (Lipinski definition) is 2. The molecule has 0 saturated heterocycles. The first-order valence-electron chi connectivity index (χ1n) is 9.75. The number of guanidine groups is 1. The van der Waals surface area contributed by atoms with E-state index >= 15 is 0 Å². The largest absolute Gasteiger partial charge is 0.376 e. The molecule has 5 nitrogen and oxygen atoms in total. The summed E-state index contributed by atoms with van der Waals surface area (Å²) in [7, 11) is 1.79. The van der Waals surface area contributed by atoms with Crippen molar-refractivity contribution in [2.45, 2.75) is 51.2 Å². The van der Waals surface area contributed by atoms with Crippen molar-refractivity contribution in [1.82, 2.24) is 15.6 Å². The summed E-state index contributed by atoms with van der Waals surface area (Å²) in [5.74, 6) is 0.794. The monoisotopic (exact) mass is 354 g/mol. The Hall–Kier alpha value is -2.14. The van der Waals surface area contributed by atoms with Gasteiger partial charge in [-0.25, -0.2) is 0 Å². The van der Waals surface area contributed by atoms with Gasteiger partial charge in [-0.05, 0) is 24.5 Å². The van der Waals surface area contributed by atoms with Crippen molar-refractivity contribution < 1.29 is 4.74 Å². The Morgan fingerprint density at radius 3 is 2.73 bits per heavy atom. The van der Waals surface area contributed by atoms with Gasteiger partial charge in [0.05, 0.1) is 18.2 Å². The van der Waals surface area contributed by atoms with Crippen molar-refractivity contribution in [2.24, 2.45) is 4.99 Å². The molecule has 1 heterocycles. The summed E-state index contributed by atoms with van der Waals surface area (Å²) in [4.78, 5) is 8.80. The average molecular weight is 354 g/mol. The minimum atomic E-state index is 0.441. The standard InChI is InChI=1S/C21H30N4O/c1-22-21(24-14-15-26-19-11-4-2-3-5-12-19)25-16-18-9-6-8-17-10-7-13-23-20(17)18/h6-10,13,19H,2-5,11-12,14-16H2,1H3,(H2,22,24,25). The van der Waals surface area contributed by atoms with Crippen LogP contribution < -0.4 is 10.6 Å². The van der Waals surface area contributed by atoms with Crippen LogP contribution in [0.3, 0.4) is 0 Å². The molecule has 1 aliphatic rings. The molecule has 1 aromatic heterocycles. The first-order valence-corrected chi connectivity index (χ1v) is 9.75. The van der Waals surface area contributed by atoms with Gasteiger partial charge in [0.1, 0.15) is 0 Å². The highest BCUT2D eigenvalue weighted by molar-refractivity contribution is 5.83. The maximum absolute atomic E-state index is 6.02. The molecule has 140 valence electrons. The third kappa shape index (κ3) is 5.43. The number of nitrogens with one attached hydrogen (secondary N) is 2. The van der Waals surface area contributed by atoms with Gasteiger partial charge in [-0.2, -0.15) is 0 Å². The topological polar surface area (TPSA) is 58.5 Å². The van der Waals surface area contributed by atoms with Crippen LogP contribution in [0.2, 0.25) is 0 Å². The number of para-hydroxylation sites is 1. The van der Waals surface area contributed by atoms with Gasteiger partial charge in [-0.1, -0.05) is 49.9 Å². The van der Waals surface area contributed by atoms with Crippen LogP contribution in [0.5, 0.6) is 0 Å². The van der Waals surface area contributed by atoms with Crippen molar-refractivity contribution in [3.63, 3.8) is 0 Å². The molecule has 3 rings (SSSR count). The molecule has 0 bridgehead atoms. The molecule has 1 aromatic carbocycles. The van der Waals surface area contributed by atoms with Crippen LogP contribution in [0.25, 0.3) is 10.9 Å². The summed E-state index contributed by atoms with van der Waals surface area (Å²) in [6, 6.07) is 10.3. The van der Waals surface area contributed by atoms with Crippen LogP contribution in [0, 0.1) is 0 Å². The van der Waals surface area contributed by atoms with Crippen LogP contribution >= 0.6 is 0 Å². The van der Waals surface area contributed by atoms with Crippen molar-refractivity contribution in [3.05, 3.63) is 42.1 Å². The van der Waals surface area contributed by atoms with E-state index in [4.69, 9.17) is 4.74 Å². The predicted octanol–water partition coefficient (Wildman–Crippen LogP) is 3.64. The molecule has 1 aliphatic carbocycles. The third-order valence-corrected chi connectivity index (χ3v) is 4.94. The van der Waals surface area contributed by atoms with Gasteiger partial charge in [-0.15, -0.1) is 0 Å². The zero-order valence-corrected chi connectivity index (χ0v) is 15.7. The van der Waals surface area contributed by atoms with E-state index < -0.39 is 0 Å². The second-order valence-corrected chi connectivity index (χ2v) is 6.83. The average Bonchev–Trinajstić information content (AvgIpc) is 2.96. The van der Waals surface area contributed by atoms with Crippen LogP contribution in [-0.4, -0.2) is 37.2 Å². The summed E-state index contributed by atoms with van der Waals surface area (Å²) in [6.45, 7) is 2.18. The number of aromatic nitrogens is 1. The lowest BCUT2D eigenvalue weighted by molar-refractivity contribution is 0.0468. The Kier molecular flexibility index (Phi) is 7.25. The first kappa shape index (κ1) is 18.6. The number of benzene rings is 1. The predicted molar refractivity (Wildman–Crippen MR) is 107 cm³/mol. The summed E-state index contributed by atoms with van der Waals surface area (Å²) in [5, 5.41) is 7.86. The molecular formula is C21H30N4O. The van der Waals surface area contributed by atoms with Crippen molar-refractivity contribution >= 4 is 16.9 Å². The second-order valence-electron chi connectivity index (χ2n) is 6.83. The third-order valence-electron chi connectivity index (χ3n) is 4.94. The summed E-state index contributed by atoms with van der Waals surface area (Å²) < 4.78 is 6.02. The fourth-order valence-electron chi connectivity index (χ4n) is 3.51. The van der Waals surface area contributed by atoms with Gasteiger partial charge in [0.2, 0.25) is 0 Å². The summed E-state index contributed by atoms with van der Waals surface area (Å²) >= 11 is 0. The van der Waals surface area contributed by atoms with Crippen LogP contribution in [0.4, 0.5) is 0 Å². The summed E-state index contributed by atoms with van der Waals surface area (Å²) in [6.07, 6.45) is 10.0. The first-order chi connectivity index (χ1) is 12.9. The van der Waals surface area contributed by atoms with Gasteiger partial charge in [-0.3, -0.25) is 9.98 Å². The van der Waals surface area contributed by atoms with E-state index in [9.17, 15) is 0 Å². The van der Waals surface area contributed by atoms with E-state index in [0.717, 1.165) is 30.0 Å². The molecule has 5 heteroatoms. The molecule has 0 spiro atoms. The number of aliphatic imine (C=N–C) groups is 1. The molecule has 1 fully saturated rings. The van der Waals surface area contributed by atoms with E-state index in [1.165, 1.54) is 44.1 Å². The maximum atomic E-state index is 6.02. The quantitative estimate of drug-likeness (QED) is 0.360. The van der Waals surface area contributed by atoms with Crippen molar-refractivity contribution in [1.29, 1.82) is 0 Å². The highest BCUT2D eigenvalue weighted by Crippen LogP contribution is 2.19. The minimum absolute atomic E-state index is 0.441. The van der Waals surface area contributed by atoms with Gasteiger partial charge in [0.15, 0.2) is 5.96 Å². The van der Waals surface area contributed by atoms with Gasteiger partial charge < -0.3 is 15.4 Å². The summed E-state index contributed by atoms with van der Waals surface area (Å²) in [5.41, 5.74) is 2.20. The van der Waals surface area contributed by atoms with E-state index in [-0.39, 0.29) is 0 Å². The Labute approximate surface area is 156 Å². The molecule has 2 aromatic rings. The second kappa shape index (κ2) is 10.1. The zero-order chi connectivity index (χ0) is 18.0. The lowest BCUT2D eigenvalue weighted by Crippen LogP contribution is -2.39. The molecule has 26 heavy (non-hydrogen) atoms. The SMILES string of the molecule is CN=C(NCCOC1CCCCCC1)NCc1cccc2cccnc12. The Morgan fingerprint density at radius 2 is 1.92 bits per heavy atom. The lowest BCUT2D eigenvalue weighted by Gasteiger charge is -2.17. The molecule has 0 atom stereocenters. The molecule has 1 saturated carbocycles. The molecule has 2 N–H and O–H groups in total. The van der Waals surface area contributed by atoms with E-state index in [1.54, 1.807) is 7.05 Å². The maximum Gasteiger partial charge on any atom is 0.191 e. The molecule has 0 unspecified atom stereocenters.